The minimum absolute atomic E-state index is 0.0958. The van der Waals surface area contributed by atoms with Gasteiger partial charge in [0.1, 0.15) is 16.5 Å². The van der Waals surface area contributed by atoms with Crippen LogP contribution in [-0.2, 0) is 4.74 Å². The largest absolute Gasteiger partial charge is 0.493 e. The molecule has 0 fully saturated rings. The van der Waals surface area contributed by atoms with Crippen LogP contribution in [0.3, 0.4) is 0 Å². The van der Waals surface area contributed by atoms with E-state index in [1.54, 1.807) is 39.0 Å². The van der Waals surface area contributed by atoms with Crippen LogP contribution in [-0.4, -0.2) is 23.5 Å². The topological polar surface area (TPSA) is 34.5 Å². The van der Waals surface area contributed by atoms with Crippen LogP contribution in [0.25, 0.3) is 0 Å². The summed E-state index contributed by atoms with van der Waals surface area (Å²) < 4.78 is 45.2. The van der Waals surface area contributed by atoms with Gasteiger partial charge in [-0.05, 0) is 38.5 Å². The minimum Gasteiger partial charge on any atom is -0.493 e. The number of alkyl halides is 3. The Balaban J connectivity index is 3.38. The first kappa shape index (κ1) is 19.2. The average Bonchev–Trinajstić information content (AvgIpc) is 2.47. The third-order valence-electron chi connectivity index (χ3n) is 2.73. The van der Waals surface area contributed by atoms with Crippen molar-refractivity contribution in [3.63, 3.8) is 0 Å². The molecule has 0 saturated heterocycles. The summed E-state index contributed by atoms with van der Waals surface area (Å²) >= 11 is 5.87. The van der Waals surface area contributed by atoms with Gasteiger partial charge in [-0.1, -0.05) is 24.6 Å². The fourth-order valence-electron chi connectivity index (χ4n) is 1.77. The predicted octanol–water partition coefficient (Wildman–Crippen LogP) is 5.23. The van der Waals surface area contributed by atoms with Crippen molar-refractivity contribution >= 4 is 17.3 Å². The molecule has 3 nitrogen and oxygen atoms in total. The van der Waals surface area contributed by atoms with E-state index in [4.69, 9.17) is 16.3 Å². The molecule has 0 N–H and O–H groups in total. The predicted molar refractivity (Wildman–Crippen MR) is 85.4 cm³/mol. The van der Waals surface area contributed by atoms with E-state index in [0.717, 1.165) is 0 Å². The fraction of sp³-hybridized carbons (Fsp3) is 0.375. The summed E-state index contributed by atoms with van der Waals surface area (Å²) in [6.45, 7) is 4.96. The van der Waals surface area contributed by atoms with Gasteiger partial charge in [0.05, 0.1) is 18.0 Å². The minimum atomic E-state index is -4.68. The quantitative estimate of drug-likeness (QED) is 0.306. The first-order chi connectivity index (χ1) is 10.8. The Bertz CT molecular complexity index is 608. The highest BCUT2D eigenvalue weighted by atomic mass is 35.5. The summed E-state index contributed by atoms with van der Waals surface area (Å²) in [6, 6.07) is 5.06. The van der Waals surface area contributed by atoms with Crippen molar-refractivity contribution in [3.8, 4) is 0 Å². The lowest BCUT2D eigenvalue weighted by Gasteiger charge is -2.16. The summed E-state index contributed by atoms with van der Waals surface area (Å²) in [6.07, 6.45) is -1.44. The van der Waals surface area contributed by atoms with Crippen LogP contribution in [0.1, 0.15) is 32.9 Å². The maximum absolute atomic E-state index is 13.4. The number of ether oxygens (including phenoxy) is 1. The highest BCUT2D eigenvalue weighted by Gasteiger charge is 2.40. The number of nitrogens with zero attached hydrogens (tertiary/aromatic N) is 2. The number of allylic oxidation sites excluding steroid dienone is 2. The average molecular weight is 347 g/mol. The molecule has 126 valence electrons. The van der Waals surface area contributed by atoms with Crippen molar-refractivity contribution in [2.24, 2.45) is 4.99 Å². The number of rotatable bonds is 6. The second-order valence-corrected chi connectivity index (χ2v) is 4.84. The molecular formula is C16H18ClF3N2O. The summed E-state index contributed by atoms with van der Waals surface area (Å²) in [5.41, 5.74) is -0.354. The molecule has 0 spiro atoms. The lowest BCUT2D eigenvalue weighted by atomic mass is 10.2. The summed E-state index contributed by atoms with van der Waals surface area (Å²) in [5.74, 6) is -0.315. The Morgan fingerprint density at radius 2 is 2.04 bits per heavy atom. The standard InChI is InChI=1S/C16H18ClF3N2O/c1-4-8-13(23-5-2)14(16(18,19)20)15(17)22-11(3)12-9-6-7-10-21-12/h6-10H,4-5H2,1-3H3/b13-8-,15-14+,22-11?. The number of aliphatic imine (C=N–C) groups is 1. The highest BCUT2D eigenvalue weighted by molar-refractivity contribution is 6.31. The van der Waals surface area contributed by atoms with Crippen molar-refractivity contribution < 1.29 is 17.9 Å². The van der Waals surface area contributed by atoms with Crippen molar-refractivity contribution in [1.82, 2.24) is 4.98 Å². The van der Waals surface area contributed by atoms with Gasteiger partial charge < -0.3 is 4.74 Å². The molecule has 0 bridgehead atoms. The Labute approximate surface area is 138 Å². The van der Waals surface area contributed by atoms with Crippen LogP contribution < -0.4 is 0 Å². The molecule has 0 aliphatic heterocycles. The fourth-order valence-corrected chi connectivity index (χ4v) is 2.10. The van der Waals surface area contributed by atoms with E-state index in [-0.39, 0.29) is 18.1 Å². The molecule has 0 radical (unpaired) electrons. The second kappa shape index (κ2) is 8.72. The van der Waals surface area contributed by atoms with Gasteiger partial charge in [-0.2, -0.15) is 13.2 Å². The van der Waals surface area contributed by atoms with Crippen molar-refractivity contribution in [2.45, 2.75) is 33.4 Å². The number of hydrogen-bond acceptors (Lipinski definition) is 3. The molecule has 0 aliphatic rings. The summed E-state index contributed by atoms with van der Waals surface area (Å²) in [7, 11) is 0. The van der Waals surface area contributed by atoms with Gasteiger partial charge in [-0.25, -0.2) is 4.99 Å². The molecule has 0 aromatic carbocycles. The number of hydrogen-bond donors (Lipinski definition) is 0. The van der Waals surface area contributed by atoms with Gasteiger partial charge in [0.15, 0.2) is 0 Å². The van der Waals surface area contributed by atoms with E-state index >= 15 is 0 Å². The van der Waals surface area contributed by atoms with E-state index in [2.05, 4.69) is 9.98 Å². The number of pyridine rings is 1. The monoisotopic (exact) mass is 346 g/mol. The molecule has 7 heteroatoms. The maximum atomic E-state index is 13.4. The third-order valence-corrected chi connectivity index (χ3v) is 3.00. The molecule has 0 amide bonds. The smallest absolute Gasteiger partial charge is 0.422 e. The maximum Gasteiger partial charge on any atom is 0.422 e. The van der Waals surface area contributed by atoms with Gasteiger partial charge in [0, 0.05) is 6.20 Å². The molecule has 1 aromatic rings. The number of aromatic nitrogens is 1. The van der Waals surface area contributed by atoms with E-state index in [0.29, 0.717) is 12.1 Å². The first-order valence-electron chi connectivity index (χ1n) is 7.08. The number of halogens is 4. The zero-order chi connectivity index (χ0) is 17.5. The molecule has 0 aliphatic carbocycles. The van der Waals surface area contributed by atoms with Crippen molar-refractivity contribution in [2.75, 3.05) is 6.61 Å². The Morgan fingerprint density at radius 1 is 1.35 bits per heavy atom. The third kappa shape index (κ3) is 5.71. The van der Waals surface area contributed by atoms with E-state index in [1.807, 2.05) is 0 Å². The summed E-state index contributed by atoms with van der Waals surface area (Å²) in [4.78, 5) is 7.89. The summed E-state index contributed by atoms with van der Waals surface area (Å²) in [5, 5.41) is -0.672. The van der Waals surface area contributed by atoms with E-state index in [1.165, 1.54) is 12.3 Å². The zero-order valence-corrected chi connectivity index (χ0v) is 13.9. The van der Waals surface area contributed by atoms with Crippen LogP contribution >= 0.6 is 11.6 Å². The molecular weight excluding hydrogens is 329 g/mol. The molecule has 23 heavy (non-hydrogen) atoms. The van der Waals surface area contributed by atoms with E-state index < -0.39 is 16.9 Å². The van der Waals surface area contributed by atoms with Crippen LogP contribution in [0.2, 0.25) is 0 Å². The normalized spacial score (nSPS) is 14.6. The SMILES string of the molecule is CC/C=C(OCC)/C(=C(/Cl)N=C(C)c1ccccn1)C(F)(F)F. The van der Waals surface area contributed by atoms with Crippen molar-refractivity contribution in [3.05, 3.63) is 52.7 Å². The van der Waals surface area contributed by atoms with Crippen molar-refractivity contribution in [1.29, 1.82) is 0 Å². The zero-order valence-electron chi connectivity index (χ0n) is 13.1. The molecule has 0 unspecified atom stereocenters. The lowest BCUT2D eigenvalue weighted by Crippen LogP contribution is -2.17. The van der Waals surface area contributed by atoms with Crippen LogP contribution in [0, 0.1) is 0 Å². The van der Waals surface area contributed by atoms with Gasteiger partial charge in [-0.15, -0.1) is 0 Å². The Morgan fingerprint density at radius 3 is 2.52 bits per heavy atom. The van der Waals surface area contributed by atoms with E-state index in [9.17, 15) is 13.2 Å². The molecule has 1 aromatic heterocycles. The Hall–Kier alpha value is -1.82. The second-order valence-electron chi connectivity index (χ2n) is 4.49. The lowest BCUT2D eigenvalue weighted by molar-refractivity contribution is -0.0942. The van der Waals surface area contributed by atoms with Gasteiger partial charge in [0.2, 0.25) is 0 Å². The molecule has 1 heterocycles. The van der Waals surface area contributed by atoms with Gasteiger partial charge >= 0.3 is 6.18 Å². The van der Waals surface area contributed by atoms with Crippen LogP contribution in [0.5, 0.6) is 0 Å². The van der Waals surface area contributed by atoms with Crippen LogP contribution in [0.15, 0.2) is 52.0 Å². The van der Waals surface area contributed by atoms with Crippen LogP contribution in [0.4, 0.5) is 13.2 Å². The Kier molecular flexibility index (Phi) is 7.29. The van der Waals surface area contributed by atoms with Gasteiger partial charge in [-0.3, -0.25) is 4.98 Å². The molecule has 0 atom stereocenters. The first-order valence-corrected chi connectivity index (χ1v) is 7.46. The highest BCUT2D eigenvalue weighted by Crippen LogP contribution is 2.36. The molecule has 1 rings (SSSR count). The van der Waals surface area contributed by atoms with Gasteiger partial charge in [0.25, 0.3) is 0 Å². The molecule has 0 saturated carbocycles.